The maximum atomic E-state index is 6.08. The van der Waals surface area contributed by atoms with Gasteiger partial charge in [0.05, 0.1) is 0 Å². The largest absolute Gasteiger partial charge is 0.321 e. The van der Waals surface area contributed by atoms with Gasteiger partial charge < -0.3 is 5.73 Å². The van der Waals surface area contributed by atoms with E-state index in [0.29, 0.717) is 11.1 Å². The molecular formula is C7H16NP. The summed E-state index contributed by atoms with van der Waals surface area (Å²) >= 11 is 0. The van der Waals surface area contributed by atoms with Crippen LogP contribution in [0, 0.1) is 5.92 Å². The molecule has 2 N–H and O–H groups in total. The molecule has 1 aliphatic rings. The van der Waals surface area contributed by atoms with Crippen molar-refractivity contribution in [2.75, 3.05) is 0 Å². The van der Waals surface area contributed by atoms with Crippen LogP contribution in [0.3, 0.4) is 0 Å². The van der Waals surface area contributed by atoms with Gasteiger partial charge in [-0.3, -0.25) is 0 Å². The Morgan fingerprint density at radius 3 is 1.67 bits per heavy atom. The number of rotatable bonds is 1. The minimum absolute atomic E-state index is 0.174. The lowest BCUT2D eigenvalue weighted by Gasteiger charge is -2.17. The first-order chi connectivity index (χ1) is 3.90. The number of nitrogens with two attached hydrogens (primary N) is 1. The molecule has 0 saturated carbocycles. The lowest BCUT2D eigenvalue weighted by atomic mass is 9.95. The highest BCUT2D eigenvalue weighted by Crippen LogP contribution is 2.69. The quantitative estimate of drug-likeness (QED) is 0.559. The lowest BCUT2D eigenvalue weighted by Crippen LogP contribution is -2.36. The van der Waals surface area contributed by atoms with Crippen molar-refractivity contribution in [1.82, 2.24) is 0 Å². The van der Waals surface area contributed by atoms with E-state index in [1.54, 1.807) is 0 Å². The van der Waals surface area contributed by atoms with Gasteiger partial charge in [0.1, 0.15) is 0 Å². The van der Waals surface area contributed by atoms with Gasteiger partial charge in [-0.05, 0) is 5.92 Å². The van der Waals surface area contributed by atoms with E-state index < -0.39 is 0 Å². The first kappa shape index (κ1) is 7.50. The molecule has 54 valence electrons. The molecule has 0 spiro atoms. The molecule has 1 aliphatic heterocycles. The molecule has 1 nitrogen and oxygen atoms in total. The molecule has 0 aromatic carbocycles. The molecule has 1 rings (SSSR count). The predicted octanol–water partition coefficient (Wildman–Crippen LogP) is 1.77. The molecule has 2 unspecified atom stereocenters. The summed E-state index contributed by atoms with van der Waals surface area (Å²) in [5.41, 5.74) is 6.08. The SMILES string of the molecule is CC(C)C1(N)PC1(C)C. The number of hydrogen-bond donors (Lipinski definition) is 1. The van der Waals surface area contributed by atoms with E-state index in [4.69, 9.17) is 5.73 Å². The van der Waals surface area contributed by atoms with Crippen LogP contribution in [-0.2, 0) is 0 Å². The fraction of sp³-hybridized carbons (Fsp3) is 1.00. The van der Waals surface area contributed by atoms with Gasteiger partial charge >= 0.3 is 0 Å². The lowest BCUT2D eigenvalue weighted by molar-refractivity contribution is 0.441. The van der Waals surface area contributed by atoms with Crippen LogP contribution in [0.5, 0.6) is 0 Å². The van der Waals surface area contributed by atoms with Crippen molar-refractivity contribution in [3.63, 3.8) is 0 Å². The third-order valence-electron chi connectivity index (χ3n) is 2.40. The van der Waals surface area contributed by atoms with Crippen LogP contribution >= 0.6 is 8.58 Å². The van der Waals surface area contributed by atoms with Crippen molar-refractivity contribution in [3.8, 4) is 0 Å². The standard InChI is InChI=1S/C7H16NP/c1-5(2)7(8)6(3,4)9-7/h5,9H,8H2,1-4H3. The zero-order valence-electron chi connectivity index (χ0n) is 6.65. The smallest absolute Gasteiger partial charge is 0.0444 e. The molecule has 0 aliphatic carbocycles. The Kier molecular flexibility index (Phi) is 1.42. The van der Waals surface area contributed by atoms with E-state index in [-0.39, 0.29) is 5.28 Å². The van der Waals surface area contributed by atoms with Crippen molar-refractivity contribution < 1.29 is 0 Å². The third-order valence-corrected chi connectivity index (χ3v) is 4.81. The van der Waals surface area contributed by atoms with Crippen molar-refractivity contribution in [2.45, 2.75) is 38.1 Å². The highest BCUT2D eigenvalue weighted by atomic mass is 31.1. The van der Waals surface area contributed by atoms with Gasteiger partial charge in [0.15, 0.2) is 0 Å². The fourth-order valence-electron chi connectivity index (χ4n) is 1.35. The van der Waals surface area contributed by atoms with Gasteiger partial charge in [-0.2, -0.15) is 0 Å². The summed E-state index contributed by atoms with van der Waals surface area (Å²) in [7, 11) is 0.962. The zero-order chi connectivity index (χ0) is 7.28. The molecule has 1 saturated heterocycles. The van der Waals surface area contributed by atoms with Gasteiger partial charge in [0, 0.05) is 10.4 Å². The minimum atomic E-state index is 0.174. The molecule has 0 aromatic heterocycles. The van der Waals surface area contributed by atoms with E-state index in [1.807, 2.05) is 0 Å². The Hall–Kier alpha value is 0.390. The van der Waals surface area contributed by atoms with Crippen LogP contribution < -0.4 is 5.73 Å². The van der Waals surface area contributed by atoms with Crippen molar-refractivity contribution in [1.29, 1.82) is 0 Å². The van der Waals surface area contributed by atoms with E-state index in [9.17, 15) is 0 Å². The van der Waals surface area contributed by atoms with Gasteiger partial charge in [-0.15, -0.1) is 0 Å². The Bertz CT molecular complexity index is 131. The van der Waals surface area contributed by atoms with Crippen LogP contribution in [0.25, 0.3) is 0 Å². The van der Waals surface area contributed by atoms with Gasteiger partial charge in [0.2, 0.25) is 0 Å². The monoisotopic (exact) mass is 145 g/mol. The second-order valence-electron chi connectivity index (χ2n) is 3.77. The van der Waals surface area contributed by atoms with Gasteiger partial charge in [0.25, 0.3) is 0 Å². The maximum absolute atomic E-state index is 6.08. The third kappa shape index (κ3) is 0.911. The van der Waals surface area contributed by atoms with Gasteiger partial charge in [-0.1, -0.05) is 36.3 Å². The minimum Gasteiger partial charge on any atom is -0.321 e. The molecule has 0 amide bonds. The second-order valence-corrected chi connectivity index (χ2v) is 6.10. The van der Waals surface area contributed by atoms with Crippen LogP contribution in [0.15, 0.2) is 0 Å². The second kappa shape index (κ2) is 1.71. The summed E-state index contributed by atoms with van der Waals surface area (Å²) in [6.45, 7) is 8.93. The summed E-state index contributed by atoms with van der Waals surface area (Å²) < 4.78 is 0. The fourth-order valence-corrected chi connectivity index (χ4v) is 2.90. The molecule has 2 heteroatoms. The normalized spacial score (nSPS) is 42.0. The molecule has 0 radical (unpaired) electrons. The molecule has 0 aromatic rings. The Morgan fingerprint density at radius 2 is 1.67 bits per heavy atom. The molecule has 1 heterocycles. The molecule has 2 atom stereocenters. The van der Waals surface area contributed by atoms with Crippen molar-refractivity contribution in [3.05, 3.63) is 0 Å². The van der Waals surface area contributed by atoms with Crippen molar-refractivity contribution in [2.24, 2.45) is 11.7 Å². The van der Waals surface area contributed by atoms with E-state index in [0.717, 1.165) is 8.58 Å². The molecule has 1 fully saturated rings. The predicted molar refractivity (Wildman–Crippen MR) is 44.2 cm³/mol. The first-order valence-electron chi connectivity index (χ1n) is 3.48. The summed E-state index contributed by atoms with van der Waals surface area (Å²) in [6.07, 6.45) is 0. The molecular weight excluding hydrogens is 129 g/mol. The summed E-state index contributed by atoms with van der Waals surface area (Å²) in [6, 6.07) is 0. The molecule has 0 bridgehead atoms. The number of hydrogen-bond acceptors (Lipinski definition) is 1. The first-order valence-corrected chi connectivity index (χ1v) is 4.48. The van der Waals surface area contributed by atoms with Gasteiger partial charge in [-0.25, -0.2) is 0 Å². The van der Waals surface area contributed by atoms with Crippen molar-refractivity contribution >= 4 is 8.58 Å². The topological polar surface area (TPSA) is 26.0 Å². The maximum Gasteiger partial charge on any atom is 0.0444 e. The van der Waals surface area contributed by atoms with Crippen LogP contribution in [0.1, 0.15) is 27.7 Å². The summed E-state index contributed by atoms with van der Waals surface area (Å²) in [5.74, 6) is 0.644. The Balaban J connectivity index is 2.63. The Labute approximate surface area is 59.2 Å². The Morgan fingerprint density at radius 1 is 1.33 bits per heavy atom. The average Bonchev–Trinajstić information content (AvgIpc) is 2.08. The van der Waals surface area contributed by atoms with E-state index in [2.05, 4.69) is 27.7 Å². The molecule has 9 heavy (non-hydrogen) atoms. The summed E-state index contributed by atoms with van der Waals surface area (Å²) in [4.78, 5) is 0. The van der Waals surface area contributed by atoms with E-state index in [1.165, 1.54) is 0 Å². The summed E-state index contributed by atoms with van der Waals surface area (Å²) in [5, 5.41) is 0.605. The zero-order valence-corrected chi connectivity index (χ0v) is 7.65. The van der Waals surface area contributed by atoms with Crippen LogP contribution in [0.2, 0.25) is 0 Å². The van der Waals surface area contributed by atoms with Crippen LogP contribution in [-0.4, -0.2) is 10.4 Å². The average molecular weight is 145 g/mol. The highest BCUT2D eigenvalue weighted by Gasteiger charge is 2.59. The highest BCUT2D eigenvalue weighted by molar-refractivity contribution is 7.51. The van der Waals surface area contributed by atoms with Crippen LogP contribution in [0.4, 0.5) is 0 Å². The van der Waals surface area contributed by atoms with E-state index >= 15 is 0 Å².